The van der Waals surface area contributed by atoms with E-state index in [2.05, 4.69) is 0 Å². The highest BCUT2D eigenvalue weighted by Crippen LogP contribution is 1.38. The summed E-state index contributed by atoms with van der Waals surface area (Å²) in [6.45, 7) is 0. The lowest BCUT2D eigenvalue weighted by molar-refractivity contribution is -0.742. The summed E-state index contributed by atoms with van der Waals surface area (Å²) < 4.78 is 8.74. The third kappa shape index (κ3) is 100. The number of hydrogen-bond acceptors (Lipinski definition) is 5. The Labute approximate surface area is 65.2 Å². The normalized spacial score (nSPS) is 6.00. The second-order valence-electron chi connectivity index (χ2n) is 0.758. The molecule has 0 aliphatic rings. The first-order valence-electron chi connectivity index (χ1n) is 1.78. The van der Waals surface area contributed by atoms with Crippen LogP contribution in [-0.4, -0.2) is 39.3 Å². The first kappa shape index (κ1) is 16.5. The Morgan fingerprint density at radius 1 is 1.00 bits per heavy atom. The molecule has 12 heteroatoms. The Hall–Kier alpha value is -1.98. The monoisotopic (exact) mass is 204 g/mol. The first-order chi connectivity index (χ1) is 5.20. The Kier molecular flexibility index (Phi) is 16.2. The van der Waals surface area contributed by atoms with Crippen molar-refractivity contribution in [2.75, 3.05) is 0 Å². The summed E-state index contributed by atoms with van der Waals surface area (Å²) in [5.74, 6) is 0. The fourth-order valence-electron chi connectivity index (χ4n) is 0. The zero-order chi connectivity index (χ0) is 10.7. The van der Waals surface area contributed by atoms with Gasteiger partial charge in [-0.25, -0.2) is 0 Å². The third-order valence-corrected chi connectivity index (χ3v) is 0. The van der Waals surface area contributed by atoms with Crippen LogP contribution in [0.2, 0.25) is 0 Å². The molecule has 4 N–H and O–H groups in total. The van der Waals surface area contributed by atoms with Gasteiger partial charge in [0, 0.05) is 0 Å². The van der Waals surface area contributed by atoms with Crippen molar-refractivity contribution in [2.24, 2.45) is 0 Å². The zero-order valence-electron chi connectivity index (χ0n) is 5.22. The molecule has 0 saturated carbocycles. The summed E-state index contributed by atoms with van der Waals surface area (Å²) in [7, 11) is -3.13. The zero-order valence-corrected chi connectivity index (χ0v) is 6.22. The minimum Gasteiger partial charge on any atom is -0.511 e. The Bertz CT molecular complexity index is 110. The van der Waals surface area contributed by atoms with Crippen molar-refractivity contribution in [1.29, 1.82) is 0 Å². The second-order valence-corrected chi connectivity index (χ2v) is 1.32. The Morgan fingerprint density at radius 2 is 1.00 bits per heavy atom. The van der Waals surface area contributed by atoms with Gasteiger partial charge < -0.3 is 20.0 Å². The highest BCUT2D eigenvalue weighted by Gasteiger charge is 1.85. The summed E-state index contributed by atoms with van der Waals surface area (Å²) in [5, 5.41) is 27.3. The summed E-state index contributed by atoms with van der Waals surface area (Å²) >= 11 is 0. The van der Waals surface area contributed by atoms with Gasteiger partial charge >= 0.3 is 9.17 Å². The lowest BCUT2D eigenvalue weighted by atomic mass is 13.1. The van der Waals surface area contributed by atoms with Gasteiger partial charge in [-0.15, -0.1) is 20.2 Å². The minimum atomic E-state index is -3.13. The molecule has 0 atom stereocenters. The predicted octanol–water partition coefficient (Wildman–Crippen LogP) is -2.31. The Balaban J connectivity index is -0.000000101. The van der Waals surface area contributed by atoms with E-state index in [9.17, 15) is 0 Å². The van der Waals surface area contributed by atoms with Crippen LogP contribution in [0.1, 0.15) is 0 Å². The molecule has 0 aromatic carbocycles. The third-order valence-electron chi connectivity index (χ3n) is 0. The van der Waals surface area contributed by atoms with Gasteiger partial charge in [0.1, 0.15) is 0 Å². The van der Waals surface area contributed by atoms with Crippen molar-refractivity contribution in [3.8, 4) is 0 Å². The average molecular weight is 204 g/mol. The number of hydrogen-bond donors (Lipinski definition) is 4. The van der Waals surface area contributed by atoms with Crippen LogP contribution < -0.4 is 0 Å². The van der Waals surface area contributed by atoms with E-state index < -0.39 is 19.3 Å². The van der Waals surface area contributed by atoms with Gasteiger partial charge in [-0.1, -0.05) is 0 Å². The molecule has 0 aliphatic carbocycles. The predicted molar refractivity (Wildman–Crippen MR) is 28.4 cm³/mol. The van der Waals surface area contributed by atoms with Crippen LogP contribution in [0.15, 0.2) is 0 Å². The molecule has 0 aromatic rings. The number of nitrogens with zero attached hydrogens (tertiary/aromatic N) is 2. The van der Waals surface area contributed by atoms with E-state index in [1.54, 1.807) is 0 Å². The van der Waals surface area contributed by atoms with Crippen LogP contribution in [0, 0.1) is 20.2 Å². The standard InChI is InChI=1S/2HNO3.H2O3Si/c2*2-1(3)4;1-4(2)3/h2*(H,2,3,4);1-2H. The van der Waals surface area contributed by atoms with Gasteiger partial charge in [0.05, 0.1) is 0 Å². The van der Waals surface area contributed by atoms with Gasteiger partial charge in [-0.05, 0) is 0 Å². The maximum Gasteiger partial charge on any atom is 0.761 e. The van der Waals surface area contributed by atoms with Crippen molar-refractivity contribution in [3.05, 3.63) is 20.2 Å². The summed E-state index contributed by atoms with van der Waals surface area (Å²) in [6, 6.07) is 0. The first-order valence-corrected chi connectivity index (χ1v) is 3.08. The van der Waals surface area contributed by atoms with Crippen molar-refractivity contribution >= 4 is 9.17 Å². The molecule has 0 aromatic heterocycles. The smallest absolute Gasteiger partial charge is 0.511 e. The summed E-state index contributed by atoms with van der Waals surface area (Å²) in [4.78, 5) is 31.0. The minimum absolute atomic E-state index is 1.50. The second kappa shape index (κ2) is 11.8. The van der Waals surface area contributed by atoms with E-state index in [0.29, 0.717) is 0 Å². The van der Waals surface area contributed by atoms with Gasteiger partial charge in [0.25, 0.3) is 10.2 Å². The van der Waals surface area contributed by atoms with Crippen LogP contribution in [0.3, 0.4) is 0 Å². The summed E-state index contributed by atoms with van der Waals surface area (Å²) in [5.41, 5.74) is 0. The van der Waals surface area contributed by atoms with E-state index in [-0.39, 0.29) is 0 Å². The maximum absolute atomic E-state index is 8.74. The van der Waals surface area contributed by atoms with E-state index in [1.165, 1.54) is 0 Å². The molecule has 0 heterocycles. The molecule has 72 valence electrons. The van der Waals surface area contributed by atoms with Crippen LogP contribution in [0.25, 0.3) is 0 Å². The van der Waals surface area contributed by atoms with Gasteiger partial charge in [-0.3, -0.25) is 4.46 Å². The average Bonchev–Trinajstić information content (AvgIpc) is 1.54. The quantitative estimate of drug-likeness (QED) is 0.191. The van der Waals surface area contributed by atoms with Crippen LogP contribution in [0.4, 0.5) is 0 Å². The molecule has 0 fully saturated rings. The molecule has 0 bridgehead atoms. The molecule has 0 radical (unpaired) electrons. The molecular weight excluding hydrogens is 200 g/mol. The molecule has 0 saturated heterocycles. The molecule has 0 spiro atoms. The maximum atomic E-state index is 8.74. The Morgan fingerprint density at radius 3 is 1.00 bits per heavy atom. The SMILES string of the molecule is O=[N+]([O-])O.O=[N+]([O-])O.O=[Si](O)O. The van der Waals surface area contributed by atoms with Crippen molar-refractivity contribution in [1.82, 2.24) is 0 Å². The van der Waals surface area contributed by atoms with Crippen LogP contribution in [-0.2, 0) is 4.46 Å². The molecular formula is H4N2O9Si. The van der Waals surface area contributed by atoms with E-state index in [0.717, 1.165) is 0 Å². The molecule has 0 amide bonds. The molecule has 11 nitrogen and oxygen atoms in total. The van der Waals surface area contributed by atoms with Crippen molar-refractivity contribution < 1.29 is 34.6 Å². The molecule has 0 rings (SSSR count). The largest absolute Gasteiger partial charge is 0.761 e. The summed E-state index contributed by atoms with van der Waals surface area (Å²) in [6.07, 6.45) is 0. The number of rotatable bonds is 0. The highest BCUT2D eigenvalue weighted by atomic mass is 28.3. The van der Waals surface area contributed by atoms with Crippen LogP contribution in [0.5, 0.6) is 0 Å². The van der Waals surface area contributed by atoms with Crippen LogP contribution >= 0.6 is 0 Å². The molecule has 12 heavy (non-hydrogen) atoms. The fraction of sp³-hybridized carbons (Fsp3) is 0. The lowest BCUT2D eigenvalue weighted by Gasteiger charge is -1.56. The van der Waals surface area contributed by atoms with Crippen molar-refractivity contribution in [2.45, 2.75) is 0 Å². The fourth-order valence-corrected chi connectivity index (χ4v) is 0. The molecule has 0 unspecified atom stereocenters. The van der Waals surface area contributed by atoms with Gasteiger partial charge in [0.2, 0.25) is 0 Å². The van der Waals surface area contributed by atoms with Gasteiger partial charge in [0.15, 0.2) is 0 Å². The topological polar surface area (TPSA) is 184 Å². The van der Waals surface area contributed by atoms with E-state index in [4.69, 9.17) is 44.7 Å². The van der Waals surface area contributed by atoms with E-state index in [1.807, 2.05) is 0 Å². The highest BCUT2D eigenvalue weighted by molar-refractivity contribution is 6.22. The molecule has 0 aliphatic heterocycles. The van der Waals surface area contributed by atoms with E-state index >= 15 is 0 Å². The van der Waals surface area contributed by atoms with Crippen molar-refractivity contribution in [3.63, 3.8) is 0 Å². The lowest BCUT2D eigenvalue weighted by Crippen LogP contribution is -1.90. The van der Waals surface area contributed by atoms with Gasteiger partial charge in [-0.2, -0.15) is 0 Å².